The summed E-state index contributed by atoms with van der Waals surface area (Å²) in [6.45, 7) is 9.17. The molecule has 0 aliphatic carbocycles. The van der Waals surface area contributed by atoms with Crippen LogP contribution in [-0.4, -0.2) is 23.5 Å². The van der Waals surface area contributed by atoms with Gasteiger partial charge in [0.25, 0.3) is 0 Å². The van der Waals surface area contributed by atoms with Crippen LogP contribution >= 0.6 is 0 Å². The number of pyridine rings is 2. The standard InChI is InChI=1S/C50H39N5/c1-30(2)34-19-12-20-35(31(3)4)48(34)47-29-52-50-42-28-46-41(27-40(42)37-17-6-10-24-45(37)55(47)50)38-18-7-8-22-43(38)53(46)32-14-11-15-33(26-32)54-44-23-9-5-16-36(44)39-21-13-25-51-49(39)54/h5-31H,1-4H3. The molecule has 0 fully saturated rings. The molecule has 264 valence electrons. The maximum Gasteiger partial charge on any atom is 0.145 e. The van der Waals surface area contributed by atoms with Gasteiger partial charge in [-0.15, -0.1) is 0 Å². The van der Waals surface area contributed by atoms with Crippen LogP contribution in [0.25, 0.3) is 93.7 Å². The largest absolute Gasteiger partial charge is 0.309 e. The molecule has 0 atom stereocenters. The first-order valence-corrected chi connectivity index (χ1v) is 19.3. The van der Waals surface area contributed by atoms with E-state index in [-0.39, 0.29) is 0 Å². The zero-order valence-electron chi connectivity index (χ0n) is 31.3. The summed E-state index contributed by atoms with van der Waals surface area (Å²) in [4.78, 5) is 10.2. The molecule has 0 radical (unpaired) electrons. The average molecular weight is 710 g/mol. The Labute approximate surface area is 318 Å². The van der Waals surface area contributed by atoms with Gasteiger partial charge in [-0.1, -0.05) is 107 Å². The van der Waals surface area contributed by atoms with Gasteiger partial charge < -0.3 is 4.57 Å². The highest BCUT2D eigenvalue weighted by Gasteiger charge is 2.23. The van der Waals surface area contributed by atoms with Gasteiger partial charge in [0, 0.05) is 55.5 Å². The first kappa shape index (κ1) is 31.8. The Hall–Kier alpha value is -6.72. The van der Waals surface area contributed by atoms with Crippen molar-refractivity contribution in [1.82, 2.24) is 23.5 Å². The quantitative estimate of drug-likeness (QED) is 0.167. The first-order chi connectivity index (χ1) is 27.0. The lowest BCUT2D eigenvalue weighted by molar-refractivity contribution is 0.836. The van der Waals surface area contributed by atoms with Crippen LogP contribution in [0, 0.1) is 0 Å². The van der Waals surface area contributed by atoms with Crippen molar-refractivity contribution in [2.24, 2.45) is 0 Å². The normalized spacial score (nSPS) is 12.3. The molecule has 5 nitrogen and oxygen atoms in total. The molecule has 11 aromatic rings. The van der Waals surface area contributed by atoms with Crippen molar-refractivity contribution >= 4 is 71.1 Å². The van der Waals surface area contributed by atoms with Gasteiger partial charge in [-0.05, 0) is 89.0 Å². The lowest BCUT2D eigenvalue weighted by atomic mass is 9.87. The van der Waals surface area contributed by atoms with E-state index in [1.807, 2.05) is 12.3 Å². The van der Waals surface area contributed by atoms with Gasteiger partial charge in [0.2, 0.25) is 0 Å². The number of aromatic nitrogens is 5. The predicted octanol–water partition coefficient (Wildman–Crippen LogP) is 13.1. The number of benzene rings is 6. The molecule has 0 N–H and O–H groups in total. The highest BCUT2D eigenvalue weighted by atomic mass is 15.1. The number of fused-ring (bicyclic) bond motifs is 12. The van der Waals surface area contributed by atoms with Crippen LogP contribution in [0.2, 0.25) is 0 Å². The van der Waals surface area contributed by atoms with Crippen molar-refractivity contribution in [3.05, 3.63) is 163 Å². The Morgan fingerprint density at radius 2 is 1.00 bits per heavy atom. The minimum Gasteiger partial charge on any atom is -0.309 e. The Kier molecular flexibility index (Phi) is 6.87. The van der Waals surface area contributed by atoms with E-state index in [0.717, 1.165) is 50.2 Å². The molecule has 5 aromatic heterocycles. The zero-order valence-corrected chi connectivity index (χ0v) is 31.3. The Morgan fingerprint density at radius 1 is 0.418 bits per heavy atom. The van der Waals surface area contributed by atoms with Gasteiger partial charge in [-0.2, -0.15) is 0 Å². The van der Waals surface area contributed by atoms with E-state index < -0.39 is 0 Å². The lowest BCUT2D eigenvalue weighted by Crippen LogP contribution is -2.02. The van der Waals surface area contributed by atoms with Gasteiger partial charge in [0.1, 0.15) is 11.3 Å². The molecule has 0 aliphatic rings. The minimum absolute atomic E-state index is 0.371. The van der Waals surface area contributed by atoms with E-state index in [0.29, 0.717) is 11.8 Å². The molecule has 0 unspecified atom stereocenters. The second kappa shape index (κ2) is 11.9. The molecule has 5 heterocycles. The molecule has 6 aromatic carbocycles. The maximum absolute atomic E-state index is 5.29. The number of rotatable bonds is 5. The molecule has 0 bridgehead atoms. The highest BCUT2D eigenvalue weighted by Crippen LogP contribution is 2.42. The molecular formula is C50H39N5. The van der Waals surface area contributed by atoms with Crippen molar-refractivity contribution in [2.45, 2.75) is 39.5 Å². The van der Waals surface area contributed by atoms with Crippen LogP contribution in [0.5, 0.6) is 0 Å². The second-order valence-corrected chi connectivity index (χ2v) is 15.5. The van der Waals surface area contributed by atoms with E-state index in [4.69, 9.17) is 9.97 Å². The minimum atomic E-state index is 0.371. The molecule has 0 aliphatic heterocycles. The smallest absolute Gasteiger partial charge is 0.145 e. The first-order valence-electron chi connectivity index (χ1n) is 19.3. The third-order valence-corrected chi connectivity index (χ3v) is 11.7. The molecule has 0 amide bonds. The van der Waals surface area contributed by atoms with Crippen molar-refractivity contribution in [3.63, 3.8) is 0 Å². The number of imidazole rings is 1. The van der Waals surface area contributed by atoms with Gasteiger partial charge in [-0.3, -0.25) is 8.97 Å². The number of para-hydroxylation sites is 3. The van der Waals surface area contributed by atoms with E-state index in [2.05, 4.69) is 181 Å². The third-order valence-electron chi connectivity index (χ3n) is 11.7. The van der Waals surface area contributed by atoms with Crippen LogP contribution in [0.1, 0.15) is 50.7 Å². The summed E-state index contributed by atoms with van der Waals surface area (Å²) in [6, 6.07) is 50.9. The van der Waals surface area contributed by atoms with Crippen LogP contribution in [0.4, 0.5) is 0 Å². The molecule has 0 saturated carbocycles. The van der Waals surface area contributed by atoms with Gasteiger partial charge in [0.05, 0.1) is 34.0 Å². The summed E-state index contributed by atoms with van der Waals surface area (Å²) in [5, 5.41) is 8.37. The van der Waals surface area contributed by atoms with Crippen molar-refractivity contribution in [1.29, 1.82) is 0 Å². The number of nitrogens with zero attached hydrogens (tertiary/aromatic N) is 5. The summed E-state index contributed by atoms with van der Waals surface area (Å²) in [5.41, 5.74) is 13.9. The Balaban J connectivity index is 1.23. The van der Waals surface area contributed by atoms with Crippen LogP contribution in [0.3, 0.4) is 0 Å². The van der Waals surface area contributed by atoms with E-state index in [9.17, 15) is 0 Å². The monoisotopic (exact) mass is 709 g/mol. The third kappa shape index (κ3) is 4.53. The number of hydrogen-bond acceptors (Lipinski definition) is 2. The molecule has 5 heteroatoms. The Bertz CT molecular complexity index is 3260. The molecule has 55 heavy (non-hydrogen) atoms. The van der Waals surface area contributed by atoms with Crippen molar-refractivity contribution < 1.29 is 0 Å². The van der Waals surface area contributed by atoms with Crippen LogP contribution in [0.15, 0.2) is 152 Å². The fourth-order valence-electron chi connectivity index (χ4n) is 9.23. The summed E-state index contributed by atoms with van der Waals surface area (Å²) < 4.78 is 7.13. The van der Waals surface area contributed by atoms with E-state index in [1.54, 1.807) is 0 Å². The molecular weight excluding hydrogens is 671 g/mol. The van der Waals surface area contributed by atoms with Crippen LogP contribution in [-0.2, 0) is 0 Å². The molecule has 11 rings (SSSR count). The zero-order chi connectivity index (χ0) is 36.9. The topological polar surface area (TPSA) is 40.0 Å². The summed E-state index contributed by atoms with van der Waals surface area (Å²) >= 11 is 0. The maximum atomic E-state index is 5.29. The fraction of sp³-hybridized carbons (Fsp3) is 0.120. The van der Waals surface area contributed by atoms with Gasteiger partial charge in [0.15, 0.2) is 0 Å². The summed E-state index contributed by atoms with van der Waals surface area (Å²) in [5.74, 6) is 0.741. The SMILES string of the molecule is CC(C)c1cccc(C(C)C)c1-c1cnc2c3cc4c(cc3c3ccccc3n12)c1ccccc1n4-c1cccc(-n2c3ccccc3c3cccnc32)c1. The van der Waals surface area contributed by atoms with Gasteiger partial charge in [-0.25, -0.2) is 9.97 Å². The summed E-state index contributed by atoms with van der Waals surface area (Å²) in [6.07, 6.45) is 3.99. The second-order valence-electron chi connectivity index (χ2n) is 15.5. The summed E-state index contributed by atoms with van der Waals surface area (Å²) in [7, 11) is 0. The fourth-order valence-corrected chi connectivity index (χ4v) is 9.23. The lowest BCUT2D eigenvalue weighted by Gasteiger charge is -2.20. The molecule has 0 spiro atoms. The van der Waals surface area contributed by atoms with E-state index in [1.165, 1.54) is 54.7 Å². The van der Waals surface area contributed by atoms with E-state index >= 15 is 0 Å². The van der Waals surface area contributed by atoms with Crippen LogP contribution < -0.4 is 0 Å². The van der Waals surface area contributed by atoms with Gasteiger partial charge >= 0.3 is 0 Å². The van der Waals surface area contributed by atoms with Crippen molar-refractivity contribution in [3.8, 4) is 22.6 Å². The number of hydrogen-bond donors (Lipinski definition) is 0. The predicted molar refractivity (Wildman–Crippen MR) is 230 cm³/mol. The highest BCUT2D eigenvalue weighted by molar-refractivity contribution is 6.21. The molecule has 0 saturated heterocycles. The Morgan fingerprint density at radius 3 is 1.71 bits per heavy atom. The van der Waals surface area contributed by atoms with Crippen molar-refractivity contribution in [2.75, 3.05) is 0 Å². The average Bonchev–Trinajstić information content (AvgIpc) is 3.91.